The molecule has 0 aliphatic rings. The van der Waals surface area contributed by atoms with E-state index in [4.69, 9.17) is 4.74 Å². The number of hydrogen-bond donors (Lipinski definition) is 1. The summed E-state index contributed by atoms with van der Waals surface area (Å²) in [4.78, 5) is 22.9. The molecule has 0 spiro atoms. The maximum Gasteiger partial charge on any atom is 0.275 e. The highest BCUT2D eigenvalue weighted by Gasteiger charge is 2.19. The zero-order valence-corrected chi connectivity index (χ0v) is 13.4. The van der Waals surface area contributed by atoms with Crippen LogP contribution in [0.25, 0.3) is 0 Å². The fraction of sp³-hybridized carbons (Fsp3) is 0.333. The Morgan fingerprint density at radius 3 is 2.61 bits per heavy atom. The van der Waals surface area contributed by atoms with Gasteiger partial charge in [0.05, 0.1) is 35.0 Å². The number of nitrogens with one attached hydrogen (secondary N) is 1. The molecule has 1 aromatic heterocycles. The molecule has 0 atom stereocenters. The number of nitro groups is 1. The van der Waals surface area contributed by atoms with Crippen LogP contribution in [0.15, 0.2) is 18.2 Å². The number of non-ortho nitro benzene ring substituents is 1. The van der Waals surface area contributed by atoms with Crippen LogP contribution in [0, 0.1) is 24.0 Å². The first-order chi connectivity index (χ1) is 10.9. The van der Waals surface area contributed by atoms with E-state index < -0.39 is 4.92 Å². The van der Waals surface area contributed by atoms with Gasteiger partial charge in [0.25, 0.3) is 11.6 Å². The molecule has 0 fully saturated rings. The van der Waals surface area contributed by atoms with Gasteiger partial charge in [0, 0.05) is 24.4 Å². The van der Waals surface area contributed by atoms with Crippen molar-refractivity contribution in [1.29, 1.82) is 0 Å². The minimum atomic E-state index is -0.538. The molecule has 8 nitrogen and oxygen atoms in total. The molecule has 0 saturated carbocycles. The molecular weight excluding hydrogens is 300 g/mol. The highest BCUT2D eigenvalue weighted by Crippen LogP contribution is 2.26. The second-order valence-electron chi connectivity index (χ2n) is 4.99. The van der Waals surface area contributed by atoms with E-state index in [0.717, 1.165) is 5.69 Å². The van der Waals surface area contributed by atoms with E-state index in [1.54, 1.807) is 11.6 Å². The van der Waals surface area contributed by atoms with Crippen molar-refractivity contribution in [3.05, 3.63) is 45.3 Å². The first-order valence-corrected chi connectivity index (χ1v) is 7.06. The number of nitrogens with zero attached hydrogens (tertiary/aromatic N) is 3. The standard InChI is InChI=1S/C15H18N4O4/c1-5-18-10(3)14(9(2)17-18)15(20)16-11-6-12(19(21)22)8-13(7-11)23-4/h6-8H,5H2,1-4H3,(H,16,20). The van der Waals surface area contributed by atoms with Crippen LogP contribution >= 0.6 is 0 Å². The summed E-state index contributed by atoms with van der Waals surface area (Å²) in [6.45, 7) is 6.16. The molecule has 2 aromatic rings. The van der Waals surface area contributed by atoms with Gasteiger partial charge in [-0.1, -0.05) is 0 Å². The van der Waals surface area contributed by atoms with Crippen LogP contribution in [0.4, 0.5) is 11.4 Å². The zero-order chi connectivity index (χ0) is 17.1. The van der Waals surface area contributed by atoms with Crippen molar-refractivity contribution < 1.29 is 14.5 Å². The number of amides is 1. The first-order valence-electron chi connectivity index (χ1n) is 7.06. The second-order valence-corrected chi connectivity index (χ2v) is 4.99. The van der Waals surface area contributed by atoms with Crippen molar-refractivity contribution >= 4 is 17.3 Å². The van der Waals surface area contributed by atoms with Crippen molar-refractivity contribution in [2.24, 2.45) is 0 Å². The Hall–Kier alpha value is -2.90. The van der Waals surface area contributed by atoms with Gasteiger partial charge in [-0.25, -0.2) is 0 Å². The monoisotopic (exact) mass is 318 g/mol. The average Bonchev–Trinajstić information content (AvgIpc) is 2.80. The molecule has 1 amide bonds. The zero-order valence-electron chi connectivity index (χ0n) is 13.4. The number of carbonyl (C=O) groups excluding carboxylic acids is 1. The van der Waals surface area contributed by atoms with Gasteiger partial charge >= 0.3 is 0 Å². The van der Waals surface area contributed by atoms with E-state index in [9.17, 15) is 14.9 Å². The lowest BCUT2D eigenvalue weighted by Gasteiger charge is -2.08. The summed E-state index contributed by atoms with van der Waals surface area (Å²) >= 11 is 0. The lowest BCUT2D eigenvalue weighted by molar-refractivity contribution is -0.384. The topological polar surface area (TPSA) is 99.3 Å². The molecule has 0 bridgehead atoms. The van der Waals surface area contributed by atoms with Crippen LogP contribution in [0.1, 0.15) is 28.7 Å². The molecule has 1 N–H and O–H groups in total. The molecule has 0 aliphatic heterocycles. The molecule has 122 valence electrons. The number of aryl methyl sites for hydroxylation is 2. The largest absolute Gasteiger partial charge is 0.496 e. The predicted molar refractivity (Wildman–Crippen MR) is 85.0 cm³/mol. The number of hydrogen-bond acceptors (Lipinski definition) is 5. The average molecular weight is 318 g/mol. The Morgan fingerprint density at radius 1 is 1.39 bits per heavy atom. The Bertz CT molecular complexity index is 767. The summed E-state index contributed by atoms with van der Waals surface area (Å²) < 4.78 is 6.76. The summed E-state index contributed by atoms with van der Waals surface area (Å²) in [6, 6.07) is 4.11. The third-order valence-corrected chi connectivity index (χ3v) is 3.50. The molecule has 0 unspecified atom stereocenters. The fourth-order valence-corrected chi connectivity index (χ4v) is 2.41. The lowest BCUT2D eigenvalue weighted by Crippen LogP contribution is -2.14. The van der Waals surface area contributed by atoms with Crippen molar-refractivity contribution in [2.45, 2.75) is 27.3 Å². The van der Waals surface area contributed by atoms with Crippen molar-refractivity contribution in [3.8, 4) is 5.75 Å². The third-order valence-electron chi connectivity index (χ3n) is 3.50. The quantitative estimate of drug-likeness (QED) is 0.675. The molecule has 0 aliphatic carbocycles. The summed E-state index contributed by atoms with van der Waals surface area (Å²) in [5, 5.41) is 17.9. The van der Waals surface area contributed by atoms with Crippen LogP contribution in [0.5, 0.6) is 5.75 Å². The van der Waals surface area contributed by atoms with Crippen LogP contribution in [0.2, 0.25) is 0 Å². The molecule has 0 radical (unpaired) electrons. The summed E-state index contributed by atoms with van der Waals surface area (Å²) in [7, 11) is 1.41. The van der Waals surface area contributed by atoms with E-state index in [1.165, 1.54) is 25.3 Å². The normalized spacial score (nSPS) is 10.4. The number of anilines is 1. The van der Waals surface area contributed by atoms with Crippen LogP contribution in [0.3, 0.4) is 0 Å². The van der Waals surface area contributed by atoms with Crippen LogP contribution in [-0.4, -0.2) is 27.7 Å². The van der Waals surface area contributed by atoms with Gasteiger partial charge in [-0.2, -0.15) is 5.10 Å². The van der Waals surface area contributed by atoms with E-state index in [-0.39, 0.29) is 11.6 Å². The molecule has 8 heteroatoms. The minimum absolute atomic E-state index is 0.155. The number of benzene rings is 1. The summed E-state index contributed by atoms with van der Waals surface area (Å²) in [5.74, 6) is -0.0607. The summed E-state index contributed by atoms with van der Waals surface area (Å²) in [5.41, 5.74) is 1.97. The highest BCUT2D eigenvalue weighted by molar-refractivity contribution is 6.06. The first kappa shape index (κ1) is 16.5. The Kier molecular flexibility index (Phi) is 4.63. The van der Waals surface area contributed by atoms with Gasteiger partial charge in [0.2, 0.25) is 0 Å². The number of methoxy groups -OCH3 is 1. The Labute approximate surface area is 133 Å². The molecule has 23 heavy (non-hydrogen) atoms. The number of aromatic nitrogens is 2. The van der Waals surface area contributed by atoms with Gasteiger partial charge in [-0.15, -0.1) is 0 Å². The Morgan fingerprint density at radius 2 is 2.09 bits per heavy atom. The SMILES string of the molecule is CCn1nc(C)c(C(=O)Nc2cc(OC)cc([N+](=O)[O-])c2)c1C. The number of rotatable bonds is 5. The van der Waals surface area contributed by atoms with E-state index in [0.29, 0.717) is 29.2 Å². The van der Waals surface area contributed by atoms with Crippen LogP contribution < -0.4 is 10.1 Å². The Balaban J connectivity index is 2.35. The molecular formula is C15H18N4O4. The molecule has 1 aromatic carbocycles. The van der Waals surface area contributed by atoms with Crippen molar-refractivity contribution in [1.82, 2.24) is 9.78 Å². The van der Waals surface area contributed by atoms with E-state index >= 15 is 0 Å². The number of ether oxygens (including phenoxy) is 1. The van der Waals surface area contributed by atoms with Gasteiger partial charge in [-0.3, -0.25) is 19.6 Å². The van der Waals surface area contributed by atoms with Gasteiger partial charge < -0.3 is 10.1 Å². The fourth-order valence-electron chi connectivity index (χ4n) is 2.41. The van der Waals surface area contributed by atoms with Gasteiger partial charge in [-0.05, 0) is 20.8 Å². The highest BCUT2D eigenvalue weighted by atomic mass is 16.6. The van der Waals surface area contributed by atoms with E-state index in [1.807, 2.05) is 13.8 Å². The van der Waals surface area contributed by atoms with Gasteiger partial charge in [0.15, 0.2) is 0 Å². The van der Waals surface area contributed by atoms with Crippen molar-refractivity contribution in [3.63, 3.8) is 0 Å². The number of carbonyl (C=O) groups is 1. The maximum absolute atomic E-state index is 12.5. The van der Waals surface area contributed by atoms with Crippen molar-refractivity contribution in [2.75, 3.05) is 12.4 Å². The van der Waals surface area contributed by atoms with Gasteiger partial charge in [0.1, 0.15) is 5.75 Å². The third kappa shape index (κ3) is 3.31. The smallest absolute Gasteiger partial charge is 0.275 e. The lowest BCUT2D eigenvalue weighted by atomic mass is 10.1. The maximum atomic E-state index is 12.5. The summed E-state index contributed by atoms with van der Waals surface area (Å²) in [6.07, 6.45) is 0. The number of nitro benzene ring substituents is 1. The molecule has 1 heterocycles. The molecule has 0 saturated heterocycles. The predicted octanol–water partition coefficient (Wildman–Crippen LogP) is 2.69. The van der Waals surface area contributed by atoms with Crippen LogP contribution in [-0.2, 0) is 6.54 Å². The molecule has 2 rings (SSSR count). The van der Waals surface area contributed by atoms with E-state index in [2.05, 4.69) is 10.4 Å². The minimum Gasteiger partial charge on any atom is -0.496 e. The second kappa shape index (κ2) is 6.47.